The van der Waals surface area contributed by atoms with Gasteiger partial charge in [-0.15, -0.1) is 0 Å². The molecule has 0 aromatic heterocycles. The van der Waals surface area contributed by atoms with Crippen molar-refractivity contribution < 1.29 is 19.4 Å². The molecule has 4 heteroatoms. The van der Waals surface area contributed by atoms with Gasteiger partial charge in [-0.3, -0.25) is 9.59 Å². The fraction of sp³-hybridized carbons (Fsp3) is 0.800. The van der Waals surface area contributed by atoms with Gasteiger partial charge in [-0.05, 0) is 19.8 Å². The smallest absolute Gasteiger partial charge is 0.309 e. The first-order valence-electron chi connectivity index (χ1n) is 5.06. The third-order valence-corrected chi connectivity index (χ3v) is 2.67. The minimum absolute atomic E-state index is 0.321. The molecule has 4 nitrogen and oxygen atoms in total. The molecule has 80 valence electrons. The lowest BCUT2D eigenvalue weighted by atomic mass is 9.79. The average molecular weight is 200 g/mol. The maximum Gasteiger partial charge on any atom is 0.309 e. The third-order valence-electron chi connectivity index (χ3n) is 2.67. The number of aliphatic carboxylic acids is 1. The maximum absolute atomic E-state index is 11.4. The highest BCUT2D eigenvalue weighted by atomic mass is 16.5. The van der Waals surface area contributed by atoms with Crippen LogP contribution in [0.3, 0.4) is 0 Å². The first kappa shape index (κ1) is 11.0. The molecule has 2 atom stereocenters. The third kappa shape index (κ3) is 2.47. The normalized spacial score (nSPS) is 26.9. The van der Waals surface area contributed by atoms with Crippen LogP contribution < -0.4 is 0 Å². The second kappa shape index (κ2) is 4.98. The van der Waals surface area contributed by atoms with E-state index in [0.29, 0.717) is 19.4 Å². The number of carboxylic acid groups (broad SMARTS) is 1. The highest BCUT2D eigenvalue weighted by Gasteiger charge is 2.36. The molecular formula is C10H16O4. The van der Waals surface area contributed by atoms with Crippen LogP contribution in [0.25, 0.3) is 0 Å². The lowest BCUT2D eigenvalue weighted by Gasteiger charge is -2.26. The molecule has 0 radical (unpaired) electrons. The summed E-state index contributed by atoms with van der Waals surface area (Å²) in [6, 6.07) is 0. The van der Waals surface area contributed by atoms with Gasteiger partial charge >= 0.3 is 11.9 Å². The second-order valence-corrected chi connectivity index (χ2v) is 3.59. The summed E-state index contributed by atoms with van der Waals surface area (Å²) in [5.41, 5.74) is 0. The van der Waals surface area contributed by atoms with Gasteiger partial charge in [0.1, 0.15) is 0 Å². The number of esters is 1. The molecule has 0 heterocycles. The highest BCUT2D eigenvalue weighted by Crippen LogP contribution is 2.31. The van der Waals surface area contributed by atoms with Crippen LogP contribution in [-0.2, 0) is 14.3 Å². The monoisotopic (exact) mass is 200 g/mol. The summed E-state index contributed by atoms with van der Waals surface area (Å²) in [4.78, 5) is 22.3. The minimum Gasteiger partial charge on any atom is -0.481 e. The Bertz CT molecular complexity index is 224. The molecule has 1 fully saturated rings. The Labute approximate surface area is 83.2 Å². The van der Waals surface area contributed by atoms with Gasteiger partial charge in [0.2, 0.25) is 0 Å². The van der Waals surface area contributed by atoms with E-state index in [1.54, 1.807) is 6.92 Å². The van der Waals surface area contributed by atoms with Crippen LogP contribution >= 0.6 is 0 Å². The molecule has 0 amide bonds. The standard InChI is InChI=1S/C10H16O4/c1-2-14-10(13)8-6-4-3-5-7(8)9(11)12/h7-8H,2-6H2,1H3,(H,11,12)/t7-,8+/m1/s1. The van der Waals surface area contributed by atoms with Gasteiger partial charge in [-0.2, -0.15) is 0 Å². The van der Waals surface area contributed by atoms with Crippen molar-refractivity contribution in [2.45, 2.75) is 32.6 Å². The molecule has 1 saturated carbocycles. The molecule has 1 aliphatic carbocycles. The van der Waals surface area contributed by atoms with E-state index in [-0.39, 0.29) is 5.97 Å². The van der Waals surface area contributed by atoms with Crippen molar-refractivity contribution in [1.29, 1.82) is 0 Å². The molecular weight excluding hydrogens is 184 g/mol. The summed E-state index contributed by atoms with van der Waals surface area (Å²) < 4.78 is 4.86. The van der Waals surface area contributed by atoms with Crippen molar-refractivity contribution in [1.82, 2.24) is 0 Å². The van der Waals surface area contributed by atoms with Crippen LogP contribution in [0.2, 0.25) is 0 Å². The molecule has 0 saturated heterocycles. The number of ether oxygens (including phenoxy) is 1. The van der Waals surface area contributed by atoms with E-state index in [1.807, 2.05) is 0 Å². The number of carboxylic acids is 1. The van der Waals surface area contributed by atoms with E-state index in [4.69, 9.17) is 9.84 Å². The van der Waals surface area contributed by atoms with Crippen LogP contribution in [0.1, 0.15) is 32.6 Å². The largest absolute Gasteiger partial charge is 0.481 e. The van der Waals surface area contributed by atoms with Crippen molar-refractivity contribution >= 4 is 11.9 Å². The topological polar surface area (TPSA) is 63.6 Å². The first-order valence-corrected chi connectivity index (χ1v) is 5.06. The minimum atomic E-state index is -0.872. The number of hydrogen-bond donors (Lipinski definition) is 1. The van der Waals surface area contributed by atoms with E-state index >= 15 is 0 Å². The number of hydrogen-bond acceptors (Lipinski definition) is 3. The molecule has 0 aromatic rings. The first-order chi connectivity index (χ1) is 6.66. The lowest BCUT2D eigenvalue weighted by Crippen LogP contribution is -2.33. The zero-order valence-corrected chi connectivity index (χ0v) is 8.36. The molecule has 1 rings (SSSR count). The van der Waals surface area contributed by atoms with Crippen LogP contribution in [0.15, 0.2) is 0 Å². The Morgan fingerprint density at radius 3 is 2.36 bits per heavy atom. The van der Waals surface area contributed by atoms with Crippen molar-refractivity contribution in [2.24, 2.45) is 11.8 Å². The summed E-state index contributed by atoms with van der Waals surface area (Å²) in [6.07, 6.45) is 3.06. The Hall–Kier alpha value is -1.06. The predicted molar refractivity (Wildman–Crippen MR) is 49.7 cm³/mol. The lowest BCUT2D eigenvalue weighted by molar-refractivity contribution is -0.159. The van der Waals surface area contributed by atoms with Crippen LogP contribution in [0.5, 0.6) is 0 Å². The zero-order chi connectivity index (χ0) is 10.6. The zero-order valence-electron chi connectivity index (χ0n) is 8.36. The number of carbonyl (C=O) groups is 2. The molecule has 0 spiro atoms. The van der Waals surface area contributed by atoms with Gasteiger partial charge in [0.15, 0.2) is 0 Å². The van der Waals surface area contributed by atoms with E-state index in [9.17, 15) is 9.59 Å². The SMILES string of the molecule is CCOC(=O)[C@H]1CCCC[C@H]1C(=O)O. The van der Waals surface area contributed by atoms with Crippen molar-refractivity contribution in [3.63, 3.8) is 0 Å². The number of rotatable bonds is 3. The summed E-state index contributed by atoms with van der Waals surface area (Å²) in [5.74, 6) is -2.19. The Morgan fingerprint density at radius 1 is 1.29 bits per heavy atom. The highest BCUT2D eigenvalue weighted by molar-refractivity contribution is 5.81. The Morgan fingerprint density at radius 2 is 1.86 bits per heavy atom. The van der Waals surface area contributed by atoms with Crippen molar-refractivity contribution in [3.05, 3.63) is 0 Å². The van der Waals surface area contributed by atoms with Gasteiger partial charge < -0.3 is 9.84 Å². The quantitative estimate of drug-likeness (QED) is 0.700. The fourth-order valence-electron chi connectivity index (χ4n) is 1.96. The van der Waals surface area contributed by atoms with Crippen molar-refractivity contribution in [2.75, 3.05) is 6.61 Å². The van der Waals surface area contributed by atoms with Crippen LogP contribution in [-0.4, -0.2) is 23.7 Å². The molecule has 0 bridgehead atoms. The van der Waals surface area contributed by atoms with Gasteiger partial charge in [-0.1, -0.05) is 12.8 Å². The summed E-state index contributed by atoms with van der Waals surface area (Å²) >= 11 is 0. The summed E-state index contributed by atoms with van der Waals surface area (Å²) in [6.45, 7) is 2.05. The van der Waals surface area contributed by atoms with Crippen LogP contribution in [0, 0.1) is 11.8 Å². The van der Waals surface area contributed by atoms with E-state index in [1.165, 1.54) is 0 Å². The Kier molecular flexibility index (Phi) is 3.92. The Balaban J connectivity index is 2.62. The van der Waals surface area contributed by atoms with E-state index in [0.717, 1.165) is 12.8 Å². The van der Waals surface area contributed by atoms with E-state index < -0.39 is 17.8 Å². The molecule has 0 aliphatic heterocycles. The van der Waals surface area contributed by atoms with E-state index in [2.05, 4.69) is 0 Å². The maximum atomic E-state index is 11.4. The van der Waals surface area contributed by atoms with Gasteiger partial charge in [0.25, 0.3) is 0 Å². The summed E-state index contributed by atoms with van der Waals surface area (Å²) in [5, 5.41) is 8.92. The molecule has 1 N–H and O–H groups in total. The average Bonchev–Trinajstić information content (AvgIpc) is 2.18. The second-order valence-electron chi connectivity index (χ2n) is 3.59. The fourth-order valence-corrected chi connectivity index (χ4v) is 1.96. The molecule has 0 aromatic carbocycles. The van der Waals surface area contributed by atoms with Gasteiger partial charge in [-0.25, -0.2) is 0 Å². The van der Waals surface area contributed by atoms with Crippen molar-refractivity contribution in [3.8, 4) is 0 Å². The molecule has 1 aliphatic rings. The molecule has 14 heavy (non-hydrogen) atoms. The van der Waals surface area contributed by atoms with Gasteiger partial charge in [0, 0.05) is 0 Å². The number of carbonyl (C=O) groups excluding carboxylic acids is 1. The summed E-state index contributed by atoms with van der Waals surface area (Å²) in [7, 11) is 0. The predicted octanol–water partition coefficient (Wildman–Crippen LogP) is 1.44. The van der Waals surface area contributed by atoms with Gasteiger partial charge in [0.05, 0.1) is 18.4 Å². The van der Waals surface area contributed by atoms with Crippen LogP contribution in [0.4, 0.5) is 0 Å². The molecule has 0 unspecified atom stereocenters.